The van der Waals surface area contributed by atoms with Crippen molar-refractivity contribution >= 4 is 39.4 Å². The molecule has 2 aromatic rings. The zero-order valence-electron chi connectivity index (χ0n) is 16.2. The molecule has 1 atom stereocenters. The molecule has 2 amide bonds. The Bertz CT molecular complexity index is 901. The molecule has 0 spiro atoms. The Balaban J connectivity index is 1.43. The van der Waals surface area contributed by atoms with E-state index in [-0.39, 0.29) is 18.9 Å². The number of aryl methyl sites for hydroxylation is 1. The van der Waals surface area contributed by atoms with Gasteiger partial charge >= 0.3 is 5.97 Å². The van der Waals surface area contributed by atoms with E-state index in [2.05, 4.69) is 21.2 Å². The lowest BCUT2D eigenvalue weighted by Crippen LogP contribution is -2.29. The summed E-state index contributed by atoms with van der Waals surface area (Å²) in [5.41, 5.74) is 2.81. The minimum atomic E-state index is -0.528. The average Bonchev–Trinajstić information content (AvgIpc) is 3.09. The SMILES string of the molecule is Cc1ccc(NC(=O)COC(=O)C2CC(=O)N(CCc3ccccc3)C2)cc1Br. The first-order chi connectivity index (χ1) is 13.9. The molecule has 0 saturated carbocycles. The van der Waals surface area contributed by atoms with Gasteiger partial charge in [0.25, 0.3) is 5.91 Å². The normalized spacial score (nSPS) is 16.0. The van der Waals surface area contributed by atoms with E-state index in [0.717, 1.165) is 22.0 Å². The zero-order valence-corrected chi connectivity index (χ0v) is 17.8. The molecule has 1 N–H and O–H groups in total. The van der Waals surface area contributed by atoms with Crippen LogP contribution >= 0.6 is 15.9 Å². The van der Waals surface area contributed by atoms with Gasteiger partial charge in [-0.15, -0.1) is 0 Å². The van der Waals surface area contributed by atoms with E-state index < -0.39 is 17.8 Å². The number of amides is 2. The Morgan fingerprint density at radius 3 is 2.69 bits per heavy atom. The van der Waals surface area contributed by atoms with Crippen LogP contribution in [0.3, 0.4) is 0 Å². The molecule has 0 aliphatic carbocycles. The highest BCUT2D eigenvalue weighted by Gasteiger charge is 2.35. The lowest BCUT2D eigenvalue weighted by molar-refractivity contribution is -0.151. The van der Waals surface area contributed by atoms with Crippen molar-refractivity contribution < 1.29 is 19.1 Å². The van der Waals surface area contributed by atoms with Crippen LogP contribution in [-0.4, -0.2) is 42.4 Å². The third-order valence-corrected chi connectivity index (χ3v) is 5.72. The van der Waals surface area contributed by atoms with Crippen molar-refractivity contribution in [2.45, 2.75) is 19.8 Å². The van der Waals surface area contributed by atoms with Gasteiger partial charge in [-0.1, -0.05) is 52.3 Å². The molecular formula is C22H23BrN2O4. The molecule has 2 aromatic carbocycles. The van der Waals surface area contributed by atoms with Crippen molar-refractivity contribution in [3.63, 3.8) is 0 Å². The predicted molar refractivity (Wildman–Crippen MR) is 113 cm³/mol. The maximum Gasteiger partial charge on any atom is 0.311 e. The van der Waals surface area contributed by atoms with Crippen LogP contribution in [-0.2, 0) is 25.5 Å². The van der Waals surface area contributed by atoms with E-state index in [1.807, 2.05) is 43.3 Å². The number of hydrogen-bond acceptors (Lipinski definition) is 4. The number of ether oxygens (including phenoxy) is 1. The van der Waals surface area contributed by atoms with Crippen molar-refractivity contribution in [1.29, 1.82) is 0 Å². The van der Waals surface area contributed by atoms with Crippen LogP contribution in [0.25, 0.3) is 0 Å². The molecule has 1 heterocycles. The molecule has 0 aromatic heterocycles. The molecule has 0 bridgehead atoms. The summed E-state index contributed by atoms with van der Waals surface area (Å²) in [6.07, 6.45) is 0.864. The van der Waals surface area contributed by atoms with E-state index >= 15 is 0 Å². The molecule has 7 heteroatoms. The monoisotopic (exact) mass is 458 g/mol. The summed E-state index contributed by atoms with van der Waals surface area (Å²) in [5, 5.41) is 2.69. The molecule has 152 valence electrons. The van der Waals surface area contributed by atoms with E-state index in [0.29, 0.717) is 18.8 Å². The highest BCUT2D eigenvalue weighted by atomic mass is 79.9. The molecule has 0 radical (unpaired) electrons. The molecule has 3 rings (SSSR count). The Kier molecular flexibility index (Phi) is 7.04. The molecule has 29 heavy (non-hydrogen) atoms. The second-order valence-electron chi connectivity index (χ2n) is 7.10. The molecule has 1 aliphatic heterocycles. The third kappa shape index (κ3) is 5.90. The fourth-order valence-electron chi connectivity index (χ4n) is 3.18. The van der Waals surface area contributed by atoms with Crippen LogP contribution in [0.2, 0.25) is 0 Å². The first kappa shape index (κ1) is 21.0. The number of likely N-dealkylation sites (tertiary alicyclic amines) is 1. The van der Waals surface area contributed by atoms with Gasteiger partial charge in [0, 0.05) is 29.7 Å². The average molecular weight is 459 g/mol. The Hall–Kier alpha value is -2.67. The number of nitrogens with zero attached hydrogens (tertiary/aromatic N) is 1. The number of carbonyl (C=O) groups excluding carboxylic acids is 3. The summed E-state index contributed by atoms with van der Waals surface area (Å²) in [6, 6.07) is 15.3. The van der Waals surface area contributed by atoms with Crippen LogP contribution in [0.1, 0.15) is 17.5 Å². The quantitative estimate of drug-likeness (QED) is 0.645. The van der Waals surface area contributed by atoms with Crippen LogP contribution < -0.4 is 5.32 Å². The van der Waals surface area contributed by atoms with Crippen LogP contribution in [0.4, 0.5) is 5.69 Å². The Morgan fingerprint density at radius 1 is 1.21 bits per heavy atom. The minimum Gasteiger partial charge on any atom is -0.455 e. The largest absolute Gasteiger partial charge is 0.455 e. The van der Waals surface area contributed by atoms with Crippen molar-refractivity contribution in [2.75, 3.05) is 25.0 Å². The van der Waals surface area contributed by atoms with Gasteiger partial charge < -0.3 is 15.0 Å². The number of anilines is 1. The van der Waals surface area contributed by atoms with Crippen molar-refractivity contribution in [2.24, 2.45) is 5.92 Å². The number of nitrogens with one attached hydrogen (secondary N) is 1. The van der Waals surface area contributed by atoms with E-state index in [1.54, 1.807) is 17.0 Å². The standard InChI is InChI=1S/C22H23BrN2O4/c1-15-7-8-18(12-19(15)23)24-20(26)14-29-22(28)17-11-21(27)25(13-17)10-9-16-5-3-2-4-6-16/h2-8,12,17H,9-11,13-14H2,1H3,(H,24,26). The van der Waals surface area contributed by atoms with Gasteiger partial charge in [-0.3, -0.25) is 14.4 Å². The summed E-state index contributed by atoms with van der Waals surface area (Å²) in [5.74, 6) is -1.52. The van der Waals surface area contributed by atoms with Crippen LogP contribution in [0.5, 0.6) is 0 Å². The number of halogens is 1. The lowest BCUT2D eigenvalue weighted by atomic mass is 10.1. The van der Waals surface area contributed by atoms with Gasteiger partial charge in [-0.2, -0.15) is 0 Å². The topological polar surface area (TPSA) is 75.7 Å². The van der Waals surface area contributed by atoms with E-state index in [9.17, 15) is 14.4 Å². The summed E-state index contributed by atoms with van der Waals surface area (Å²) < 4.78 is 6.01. The maximum atomic E-state index is 12.3. The van der Waals surface area contributed by atoms with E-state index in [4.69, 9.17) is 4.74 Å². The maximum absolute atomic E-state index is 12.3. The second-order valence-corrected chi connectivity index (χ2v) is 7.95. The first-order valence-electron chi connectivity index (χ1n) is 9.46. The van der Waals surface area contributed by atoms with Crippen LogP contribution in [0.15, 0.2) is 53.0 Å². The van der Waals surface area contributed by atoms with Crippen molar-refractivity contribution in [3.8, 4) is 0 Å². The summed E-state index contributed by atoms with van der Waals surface area (Å²) in [7, 11) is 0. The minimum absolute atomic E-state index is 0.0585. The highest BCUT2D eigenvalue weighted by molar-refractivity contribution is 9.10. The van der Waals surface area contributed by atoms with Gasteiger partial charge in [0.15, 0.2) is 6.61 Å². The summed E-state index contributed by atoms with van der Waals surface area (Å²) in [4.78, 5) is 38.2. The summed E-state index contributed by atoms with van der Waals surface area (Å²) in [6.45, 7) is 2.47. The molecule has 1 fully saturated rings. The van der Waals surface area contributed by atoms with E-state index in [1.165, 1.54) is 0 Å². The molecule has 1 unspecified atom stereocenters. The van der Waals surface area contributed by atoms with Gasteiger partial charge in [-0.25, -0.2) is 0 Å². The molecule has 6 nitrogen and oxygen atoms in total. The Labute approximate surface area is 178 Å². The smallest absolute Gasteiger partial charge is 0.311 e. The zero-order chi connectivity index (χ0) is 20.8. The number of rotatable bonds is 7. The fourth-order valence-corrected chi connectivity index (χ4v) is 3.56. The van der Waals surface area contributed by atoms with Gasteiger partial charge in [-0.05, 0) is 36.6 Å². The number of hydrogen-bond donors (Lipinski definition) is 1. The third-order valence-electron chi connectivity index (χ3n) is 4.86. The second kappa shape index (κ2) is 9.69. The number of esters is 1. The van der Waals surface area contributed by atoms with Gasteiger partial charge in [0.05, 0.1) is 5.92 Å². The van der Waals surface area contributed by atoms with Crippen molar-refractivity contribution in [3.05, 3.63) is 64.1 Å². The molecule has 1 aliphatic rings. The number of benzene rings is 2. The summed E-state index contributed by atoms with van der Waals surface area (Å²) >= 11 is 3.41. The van der Waals surface area contributed by atoms with Gasteiger partial charge in [0.2, 0.25) is 5.91 Å². The van der Waals surface area contributed by atoms with Crippen LogP contribution in [0, 0.1) is 12.8 Å². The highest BCUT2D eigenvalue weighted by Crippen LogP contribution is 2.21. The Morgan fingerprint density at radius 2 is 1.97 bits per heavy atom. The molecular weight excluding hydrogens is 436 g/mol. The fraction of sp³-hybridized carbons (Fsp3) is 0.318. The number of carbonyl (C=O) groups is 3. The first-order valence-corrected chi connectivity index (χ1v) is 10.3. The lowest BCUT2D eigenvalue weighted by Gasteiger charge is -2.16. The molecule has 1 saturated heterocycles. The van der Waals surface area contributed by atoms with Gasteiger partial charge in [0.1, 0.15) is 0 Å². The predicted octanol–water partition coefficient (Wildman–Crippen LogP) is 3.33. The van der Waals surface area contributed by atoms with Crippen molar-refractivity contribution in [1.82, 2.24) is 4.90 Å².